The molecule has 0 spiro atoms. The average molecular weight is 383 g/mol. The maximum Gasteiger partial charge on any atom is 0.266 e. The van der Waals surface area contributed by atoms with E-state index in [0.717, 1.165) is 0 Å². The van der Waals surface area contributed by atoms with Gasteiger partial charge in [-0.25, -0.2) is 0 Å². The summed E-state index contributed by atoms with van der Waals surface area (Å²) in [4.78, 5) is 12.3. The molecule has 138 valence electrons. The van der Waals surface area contributed by atoms with Gasteiger partial charge in [0, 0.05) is 5.69 Å². The van der Waals surface area contributed by atoms with E-state index in [-0.39, 0.29) is 5.57 Å². The van der Waals surface area contributed by atoms with Crippen LogP contribution in [0.5, 0.6) is 11.5 Å². The van der Waals surface area contributed by atoms with E-state index in [4.69, 9.17) is 21.1 Å². The Hall–Kier alpha value is -3.23. The first-order chi connectivity index (χ1) is 13.1. The largest absolute Gasteiger partial charge is 0.494 e. The van der Waals surface area contributed by atoms with Gasteiger partial charge in [0.2, 0.25) is 0 Å². The maximum absolute atomic E-state index is 12.3. The number of benzene rings is 2. The van der Waals surface area contributed by atoms with Gasteiger partial charge < -0.3 is 14.8 Å². The second-order valence-corrected chi connectivity index (χ2v) is 5.78. The molecular weight excluding hydrogens is 364 g/mol. The Bertz CT molecular complexity index is 883. The number of hydrogen-bond acceptors (Lipinski definition) is 4. The number of rotatable bonds is 8. The van der Waals surface area contributed by atoms with Crippen molar-refractivity contribution in [1.29, 1.82) is 5.26 Å². The predicted octanol–water partition coefficient (Wildman–Crippen LogP) is 4.85. The lowest BCUT2D eigenvalue weighted by Gasteiger charge is -2.08. The fourth-order valence-electron chi connectivity index (χ4n) is 2.19. The molecule has 1 amide bonds. The van der Waals surface area contributed by atoms with Crippen molar-refractivity contribution in [2.75, 3.05) is 18.5 Å². The molecule has 1 N–H and O–H groups in total. The van der Waals surface area contributed by atoms with E-state index < -0.39 is 5.91 Å². The first-order valence-corrected chi connectivity index (χ1v) is 8.64. The van der Waals surface area contributed by atoms with Crippen LogP contribution < -0.4 is 14.8 Å². The van der Waals surface area contributed by atoms with Crippen LogP contribution in [0, 0.1) is 11.3 Å². The van der Waals surface area contributed by atoms with Gasteiger partial charge in [-0.05, 0) is 55.0 Å². The highest BCUT2D eigenvalue weighted by Gasteiger charge is 2.10. The molecule has 5 nitrogen and oxygen atoms in total. The lowest BCUT2D eigenvalue weighted by atomic mass is 10.1. The van der Waals surface area contributed by atoms with Crippen molar-refractivity contribution in [3.8, 4) is 17.6 Å². The summed E-state index contributed by atoms with van der Waals surface area (Å²) < 4.78 is 10.8. The van der Waals surface area contributed by atoms with Gasteiger partial charge in [-0.2, -0.15) is 5.26 Å². The van der Waals surface area contributed by atoms with Crippen molar-refractivity contribution >= 4 is 29.3 Å². The molecule has 0 unspecified atom stereocenters. The number of carbonyl (C=O) groups excluding carboxylic acids is 1. The Kier molecular flexibility index (Phi) is 7.48. The summed E-state index contributed by atoms with van der Waals surface area (Å²) in [6, 6.07) is 13.8. The Labute approximate surface area is 163 Å². The number of halogens is 1. The number of hydrogen-bond donors (Lipinski definition) is 1. The van der Waals surface area contributed by atoms with E-state index in [9.17, 15) is 10.1 Å². The molecule has 0 atom stereocenters. The summed E-state index contributed by atoms with van der Waals surface area (Å²) in [5, 5.41) is 12.4. The Morgan fingerprint density at radius 2 is 2.00 bits per heavy atom. The SMILES string of the molecule is C=CCOc1ccc(/C=C(\C#N)C(=O)Nc2ccc(OCC)cc2)cc1Cl. The van der Waals surface area contributed by atoms with Crippen molar-refractivity contribution in [3.05, 3.63) is 71.3 Å². The van der Waals surface area contributed by atoms with Crippen molar-refractivity contribution in [2.45, 2.75) is 6.92 Å². The van der Waals surface area contributed by atoms with Gasteiger partial charge >= 0.3 is 0 Å². The van der Waals surface area contributed by atoms with Crippen LogP contribution in [0.25, 0.3) is 6.08 Å². The zero-order valence-corrected chi connectivity index (χ0v) is 15.6. The fourth-order valence-corrected chi connectivity index (χ4v) is 2.43. The Morgan fingerprint density at radius 1 is 1.26 bits per heavy atom. The Balaban J connectivity index is 2.12. The van der Waals surface area contributed by atoms with Crippen LogP contribution >= 0.6 is 11.6 Å². The van der Waals surface area contributed by atoms with Gasteiger partial charge in [0.25, 0.3) is 5.91 Å². The third-order valence-electron chi connectivity index (χ3n) is 3.41. The van der Waals surface area contributed by atoms with Crippen molar-refractivity contribution in [1.82, 2.24) is 0 Å². The van der Waals surface area contributed by atoms with Crippen LogP contribution in [0.3, 0.4) is 0 Å². The van der Waals surface area contributed by atoms with E-state index in [1.807, 2.05) is 13.0 Å². The highest BCUT2D eigenvalue weighted by Crippen LogP contribution is 2.26. The van der Waals surface area contributed by atoms with E-state index in [0.29, 0.717) is 41.0 Å². The number of nitriles is 1. The molecule has 0 heterocycles. The third kappa shape index (κ3) is 5.91. The quantitative estimate of drug-likeness (QED) is 0.402. The van der Waals surface area contributed by atoms with Crippen molar-refractivity contribution < 1.29 is 14.3 Å². The molecule has 0 saturated carbocycles. The fraction of sp³-hybridized carbons (Fsp3) is 0.143. The van der Waals surface area contributed by atoms with Gasteiger partial charge in [0.05, 0.1) is 11.6 Å². The number of ether oxygens (including phenoxy) is 2. The molecule has 0 aliphatic carbocycles. The van der Waals surface area contributed by atoms with E-state index in [1.54, 1.807) is 48.5 Å². The van der Waals surface area contributed by atoms with Gasteiger partial charge in [-0.1, -0.05) is 30.3 Å². The van der Waals surface area contributed by atoms with Crippen molar-refractivity contribution in [2.24, 2.45) is 0 Å². The Morgan fingerprint density at radius 3 is 2.59 bits per heavy atom. The number of amides is 1. The maximum atomic E-state index is 12.3. The second kappa shape index (κ2) is 10.0. The minimum atomic E-state index is -0.509. The van der Waals surface area contributed by atoms with Crippen LogP contribution in [0.1, 0.15) is 12.5 Å². The summed E-state index contributed by atoms with van der Waals surface area (Å²) in [7, 11) is 0. The van der Waals surface area contributed by atoms with Crippen LogP contribution in [-0.4, -0.2) is 19.1 Å². The highest BCUT2D eigenvalue weighted by atomic mass is 35.5. The number of nitrogens with zero attached hydrogens (tertiary/aromatic N) is 1. The minimum Gasteiger partial charge on any atom is -0.494 e. The molecule has 0 bridgehead atoms. The number of carbonyl (C=O) groups is 1. The van der Waals surface area contributed by atoms with Crippen LogP contribution in [0.4, 0.5) is 5.69 Å². The minimum absolute atomic E-state index is 0.0419. The molecule has 0 aliphatic rings. The first kappa shape index (κ1) is 20.1. The molecule has 6 heteroatoms. The molecule has 0 saturated heterocycles. The molecule has 0 radical (unpaired) electrons. The molecule has 2 rings (SSSR count). The lowest BCUT2D eigenvalue weighted by Crippen LogP contribution is -2.13. The lowest BCUT2D eigenvalue weighted by molar-refractivity contribution is -0.112. The molecule has 0 fully saturated rings. The summed E-state index contributed by atoms with van der Waals surface area (Å²) in [5.41, 5.74) is 1.14. The molecule has 2 aromatic rings. The van der Waals surface area contributed by atoms with E-state index in [2.05, 4.69) is 11.9 Å². The van der Waals surface area contributed by atoms with Gasteiger partial charge in [-0.3, -0.25) is 4.79 Å². The standard InChI is InChI=1S/C21H19ClN2O3/c1-3-11-27-20-10-5-15(13-19(20)22)12-16(14-23)21(25)24-17-6-8-18(9-7-17)26-4-2/h3,5-10,12-13H,1,4,11H2,2H3,(H,24,25)/b16-12+. The van der Waals surface area contributed by atoms with E-state index in [1.165, 1.54) is 6.08 Å². The zero-order valence-electron chi connectivity index (χ0n) is 14.9. The summed E-state index contributed by atoms with van der Waals surface area (Å²) in [6.45, 7) is 6.37. The first-order valence-electron chi connectivity index (χ1n) is 8.26. The molecule has 0 aliphatic heterocycles. The van der Waals surface area contributed by atoms with Crippen LogP contribution in [0.2, 0.25) is 5.02 Å². The topological polar surface area (TPSA) is 71.3 Å². The molecular formula is C21H19ClN2O3. The molecule has 2 aromatic carbocycles. The van der Waals surface area contributed by atoms with Crippen LogP contribution in [0.15, 0.2) is 60.7 Å². The highest BCUT2D eigenvalue weighted by molar-refractivity contribution is 6.32. The summed E-state index contributed by atoms with van der Waals surface area (Å²) in [6.07, 6.45) is 3.08. The average Bonchev–Trinajstić information content (AvgIpc) is 2.67. The monoisotopic (exact) mass is 382 g/mol. The van der Waals surface area contributed by atoms with E-state index >= 15 is 0 Å². The molecule has 0 aromatic heterocycles. The second-order valence-electron chi connectivity index (χ2n) is 5.37. The molecule has 27 heavy (non-hydrogen) atoms. The smallest absolute Gasteiger partial charge is 0.266 e. The normalized spacial score (nSPS) is 10.6. The van der Waals surface area contributed by atoms with Gasteiger partial charge in [0.15, 0.2) is 0 Å². The predicted molar refractivity (Wildman–Crippen MR) is 107 cm³/mol. The van der Waals surface area contributed by atoms with Gasteiger partial charge in [-0.15, -0.1) is 0 Å². The zero-order chi connectivity index (χ0) is 19.6. The number of nitrogens with one attached hydrogen (secondary N) is 1. The number of anilines is 1. The summed E-state index contributed by atoms with van der Waals surface area (Å²) >= 11 is 6.16. The van der Waals surface area contributed by atoms with Gasteiger partial charge in [0.1, 0.15) is 29.7 Å². The summed E-state index contributed by atoms with van der Waals surface area (Å²) in [5.74, 6) is 0.704. The third-order valence-corrected chi connectivity index (χ3v) is 3.71. The van der Waals surface area contributed by atoms with Crippen molar-refractivity contribution in [3.63, 3.8) is 0 Å². The van der Waals surface area contributed by atoms with Crippen LogP contribution in [-0.2, 0) is 4.79 Å².